The maximum Gasteiger partial charge on any atom is 0.269 e. The second-order valence-corrected chi connectivity index (χ2v) is 11.9. The van der Waals surface area contributed by atoms with E-state index in [1.807, 2.05) is 11.0 Å². The first kappa shape index (κ1) is 28.2. The van der Waals surface area contributed by atoms with Crippen LogP contribution in [0.2, 0.25) is 0 Å². The van der Waals surface area contributed by atoms with Gasteiger partial charge in [0.15, 0.2) is 0 Å². The molecule has 0 radical (unpaired) electrons. The summed E-state index contributed by atoms with van der Waals surface area (Å²) in [5.74, 6) is -0.140. The van der Waals surface area contributed by atoms with Gasteiger partial charge in [-0.2, -0.15) is 0 Å². The molecule has 2 amide bonds. The maximum absolute atomic E-state index is 13.5. The molecule has 1 N–H and O–H groups in total. The van der Waals surface area contributed by atoms with E-state index >= 15 is 0 Å². The Bertz CT molecular complexity index is 1490. The molecule has 1 atom stereocenters. The Morgan fingerprint density at radius 3 is 2.55 bits per heavy atom. The first-order valence-corrected chi connectivity index (χ1v) is 15.3. The molecule has 220 valence electrons. The molecule has 0 spiro atoms. The average molecular weight is 567 g/mol. The second kappa shape index (κ2) is 12.1. The summed E-state index contributed by atoms with van der Waals surface area (Å²) in [5.41, 5.74) is 6.22. The van der Waals surface area contributed by atoms with Gasteiger partial charge in [-0.15, -0.1) is 0 Å². The van der Waals surface area contributed by atoms with Crippen molar-refractivity contribution in [2.24, 2.45) is 0 Å². The Hall–Kier alpha value is -3.91. The highest BCUT2D eigenvalue weighted by Crippen LogP contribution is 2.35. The number of hydrogen-bond acceptors (Lipinski definition) is 6. The average Bonchev–Trinajstić information content (AvgIpc) is 3.43. The standard InChI is InChI=1S/C34H42N6O2/c1-4-32(41)39-20-18-38(19-21-39)31-22-28(34(42)35-15-13-26-11-7-16-37(26)3)36-29-23-40(17-14-27(29)31)30-12-6-10-25-9-5-8-24(2)33(25)30/h4-6,8-10,12,22,26H,1,7,11,13-21,23H2,2-3H3,(H,35,42)/t26-/m1/s1. The van der Waals surface area contributed by atoms with Crippen molar-refractivity contribution in [2.75, 3.05) is 62.7 Å². The van der Waals surface area contributed by atoms with Crippen LogP contribution in [0, 0.1) is 6.92 Å². The van der Waals surface area contributed by atoms with Crippen LogP contribution >= 0.6 is 0 Å². The number of rotatable bonds is 7. The predicted molar refractivity (Wildman–Crippen MR) is 169 cm³/mol. The molecule has 0 bridgehead atoms. The Kier molecular flexibility index (Phi) is 8.16. The lowest BCUT2D eigenvalue weighted by molar-refractivity contribution is -0.126. The minimum absolute atomic E-state index is 0.0274. The number of carbonyl (C=O) groups excluding carboxylic acids is 2. The second-order valence-electron chi connectivity index (χ2n) is 11.9. The van der Waals surface area contributed by atoms with Crippen LogP contribution in [0.3, 0.4) is 0 Å². The Balaban J connectivity index is 1.28. The molecule has 6 rings (SSSR count). The smallest absolute Gasteiger partial charge is 0.269 e. The summed E-state index contributed by atoms with van der Waals surface area (Å²) >= 11 is 0. The van der Waals surface area contributed by atoms with E-state index in [0.717, 1.165) is 50.4 Å². The van der Waals surface area contributed by atoms with Crippen molar-refractivity contribution >= 4 is 34.0 Å². The van der Waals surface area contributed by atoms with E-state index in [4.69, 9.17) is 4.98 Å². The molecule has 0 unspecified atom stereocenters. The van der Waals surface area contributed by atoms with Crippen molar-refractivity contribution in [3.63, 3.8) is 0 Å². The van der Waals surface area contributed by atoms with Crippen LogP contribution in [0.15, 0.2) is 55.1 Å². The van der Waals surface area contributed by atoms with Crippen LogP contribution in [0.25, 0.3) is 10.8 Å². The number of aromatic nitrogens is 1. The van der Waals surface area contributed by atoms with Gasteiger partial charge in [0, 0.05) is 67.6 Å². The summed E-state index contributed by atoms with van der Waals surface area (Å²) < 4.78 is 0. The molecule has 8 heteroatoms. The zero-order valence-electron chi connectivity index (χ0n) is 24.9. The van der Waals surface area contributed by atoms with Crippen molar-refractivity contribution in [2.45, 2.75) is 45.2 Å². The SMILES string of the molecule is C=CC(=O)N1CCN(c2cc(C(=O)NCC[C@H]3CCCN3C)nc3c2CCN(c2cccc4cccc(C)c24)C3)CC1. The van der Waals surface area contributed by atoms with Gasteiger partial charge >= 0.3 is 0 Å². The minimum Gasteiger partial charge on any atom is -0.368 e. The molecule has 42 heavy (non-hydrogen) atoms. The van der Waals surface area contributed by atoms with Crippen LogP contribution < -0.4 is 15.1 Å². The van der Waals surface area contributed by atoms with E-state index in [2.05, 4.69) is 77.0 Å². The molecule has 1 aromatic heterocycles. The number of piperazine rings is 1. The number of nitrogens with zero attached hydrogens (tertiary/aromatic N) is 5. The largest absolute Gasteiger partial charge is 0.368 e. The molecule has 3 aromatic rings. The zero-order chi connectivity index (χ0) is 29.2. The number of benzene rings is 2. The highest BCUT2D eigenvalue weighted by Gasteiger charge is 2.29. The lowest BCUT2D eigenvalue weighted by atomic mass is 9.97. The molecule has 0 aliphatic carbocycles. The number of amides is 2. The first-order chi connectivity index (χ1) is 20.4. The molecule has 2 saturated heterocycles. The molecular weight excluding hydrogens is 524 g/mol. The van der Waals surface area contributed by atoms with Crippen LogP contribution in [0.5, 0.6) is 0 Å². The van der Waals surface area contributed by atoms with Gasteiger partial charge in [0.2, 0.25) is 5.91 Å². The Labute approximate surface area is 249 Å². The highest BCUT2D eigenvalue weighted by atomic mass is 16.2. The summed E-state index contributed by atoms with van der Waals surface area (Å²) in [6.45, 7) is 11.8. The minimum atomic E-state index is -0.113. The van der Waals surface area contributed by atoms with Crippen LogP contribution in [-0.4, -0.2) is 85.5 Å². The third-order valence-corrected chi connectivity index (χ3v) is 9.36. The molecule has 4 heterocycles. The van der Waals surface area contributed by atoms with E-state index in [1.165, 1.54) is 46.5 Å². The van der Waals surface area contributed by atoms with Gasteiger partial charge in [0.05, 0.1) is 12.2 Å². The maximum atomic E-state index is 13.5. The molecule has 8 nitrogen and oxygen atoms in total. The Morgan fingerprint density at radius 2 is 1.81 bits per heavy atom. The third-order valence-electron chi connectivity index (χ3n) is 9.36. The number of carbonyl (C=O) groups is 2. The highest BCUT2D eigenvalue weighted by molar-refractivity contribution is 5.97. The number of aryl methyl sites for hydroxylation is 1. The zero-order valence-corrected chi connectivity index (χ0v) is 24.9. The summed E-state index contributed by atoms with van der Waals surface area (Å²) in [7, 11) is 2.17. The third kappa shape index (κ3) is 5.60. The first-order valence-electron chi connectivity index (χ1n) is 15.3. The van der Waals surface area contributed by atoms with Crippen molar-refractivity contribution in [3.8, 4) is 0 Å². The quantitative estimate of drug-likeness (QED) is 0.434. The number of nitrogens with one attached hydrogen (secondary N) is 1. The number of pyridine rings is 1. The van der Waals surface area contributed by atoms with Gasteiger partial charge in [-0.1, -0.05) is 36.9 Å². The number of hydrogen-bond donors (Lipinski definition) is 1. The lowest BCUT2D eigenvalue weighted by Crippen LogP contribution is -2.49. The Morgan fingerprint density at radius 1 is 1.02 bits per heavy atom. The molecule has 3 aliphatic rings. The van der Waals surface area contributed by atoms with Gasteiger partial charge in [0.25, 0.3) is 5.91 Å². The summed E-state index contributed by atoms with van der Waals surface area (Å²) in [5, 5.41) is 5.67. The molecule has 2 aromatic carbocycles. The molecule has 3 aliphatic heterocycles. The topological polar surface area (TPSA) is 72.0 Å². The van der Waals surface area contributed by atoms with Crippen LogP contribution in [0.4, 0.5) is 11.4 Å². The van der Waals surface area contributed by atoms with Crippen molar-refractivity contribution in [1.29, 1.82) is 0 Å². The fraction of sp³-hybridized carbons (Fsp3) is 0.441. The number of anilines is 2. The van der Waals surface area contributed by atoms with Gasteiger partial charge in [-0.25, -0.2) is 4.98 Å². The van der Waals surface area contributed by atoms with Gasteiger partial charge in [-0.3, -0.25) is 9.59 Å². The fourth-order valence-electron chi connectivity index (χ4n) is 6.98. The van der Waals surface area contributed by atoms with Crippen LogP contribution in [0.1, 0.15) is 46.6 Å². The monoisotopic (exact) mass is 566 g/mol. The van der Waals surface area contributed by atoms with Gasteiger partial charge in [-0.05, 0) is 75.4 Å². The summed E-state index contributed by atoms with van der Waals surface area (Å²) in [6.07, 6.45) is 5.61. The predicted octanol–water partition coefficient (Wildman–Crippen LogP) is 4.15. The number of fused-ring (bicyclic) bond motifs is 2. The lowest BCUT2D eigenvalue weighted by Gasteiger charge is -2.39. The van der Waals surface area contributed by atoms with Crippen molar-refractivity contribution < 1.29 is 9.59 Å². The number of likely N-dealkylation sites (tertiary alicyclic amines) is 1. The summed E-state index contributed by atoms with van der Waals surface area (Å²) in [6, 6.07) is 15.5. The van der Waals surface area contributed by atoms with Crippen molar-refractivity contribution in [3.05, 3.63) is 77.6 Å². The van der Waals surface area contributed by atoms with E-state index in [9.17, 15) is 9.59 Å². The molecular formula is C34H42N6O2. The van der Waals surface area contributed by atoms with E-state index < -0.39 is 0 Å². The van der Waals surface area contributed by atoms with E-state index in [0.29, 0.717) is 37.9 Å². The normalized spacial score (nSPS) is 19.2. The molecule has 2 fully saturated rings. The van der Waals surface area contributed by atoms with Gasteiger partial charge < -0.3 is 24.9 Å². The van der Waals surface area contributed by atoms with Crippen molar-refractivity contribution in [1.82, 2.24) is 20.1 Å². The van der Waals surface area contributed by atoms with E-state index in [-0.39, 0.29) is 11.8 Å². The van der Waals surface area contributed by atoms with E-state index in [1.54, 1.807) is 0 Å². The van der Waals surface area contributed by atoms with Crippen LogP contribution in [-0.2, 0) is 17.8 Å². The molecule has 0 saturated carbocycles. The summed E-state index contributed by atoms with van der Waals surface area (Å²) in [4.78, 5) is 39.7. The fourth-order valence-corrected chi connectivity index (χ4v) is 6.98. The van der Waals surface area contributed by atoms with Gasteiger partial charge in [0.1, 0.15) is 5.69 Å².